The lowest BCUT2D eigenvalue weighted by molar-refractivity contribution is 0.329. The van der Waals surface area contributed by atoms with Crippen LogP contribution < -0.4 is 15.4 Å². The lowest BCUT2D eigenvalue weighted by Gasteiger charge is -2.21. The van der Waals surface area contributed by atoms with Gasteiger partial charge in [0.05, 0.1) is 12.3 Å². The maximum Gasteiger partial charge on any atom is 0.239 e. The van der Waals surface area contributed by atoms with Crippen molar-refractivity contribution in [3.63, 3.8) is 0 Å². The van der Waals surface area contributed by atoms with E-state index in [2.05, 4.69) is 9.88 Å². The molecule has 0 amide bonds. The standard InChI is InChI=1S/C12H19N3OS/c1-2-16-12-10(13)4-5-11(14-12)15-6-3-8-17-9-7-15/h4-5H,2-3,6-9,13H2,1H3. The van der Waals surface area contributed by atoms with Gasteiger partial charge < -0.3 is 15.4 Å². The molecule has 94 valence electrons. The van der Waals surface area contributed by atoms with Gasteiger partial charge in [-0.3, -0.25) is 0 Å². The van der Waals surface area contributed by atoms with Gasteiger partial charge in [-0.15, -0.1) is 0 Å². The van der Waals surface area contributed by atoms with Crippen LogP contribution in [-0.2, 0) is 0 Å². The summed E-state index contributed by atoms with van der Waals surface area (Å²) in [7, 11) is 0. The Kier molecular flexibility index (Phi) is 4.36. The largest absolute Gasteiger partial charge is 0.476 e. The molecule has 1 saturated heterocycles. The van der Waals surface area contributed by atoms with Gasteiger partial charge in [-0.05, 0) is 31.2 Å². The van der Waals surface area contributed by atoms with Gasteiger partial charge in [0.15, 0.2) is 0 Å². The minimum atomic E-state index is 0.557. The molecule has 0 unspecified atom stereocenters. The van der Waals surface area contributed by atoms with Crippen molar-refractivity contribution >= 4 is 23.3 Å². The molecule has 1 fully saturated rings. The number of pyridine rings is 1. The van der Waals surface area contributed by atoms with Crippen LogP contribution in [0.15, 0.2) is 12.1 Å². The predicted molar refractivity (Wildman–Crippen MR) is 74.0 cm³/mol. The van der Waals surface area contributed by atoms with Gasteiger partial charge in [0.25, 0.3) is 0 Å². The SMILES string of the molecule is CCOc1nc(N2CCCSCC2)ccc1N. The maximum atomic E-state index is 5.83. The van der Waals surface area contributed by atoms with Crippen LogP contribution in [0.2, 0.25) is 0 Å². The summed E-state index contributed by atoms with van der Waals surface area (Å²) in [6.07, 6.45) is 1.21. The summed E-state index contributed by atoms with van der Waals surface area (Å²) >= 11 is 2.01. The number of rotatable bonds is 3. The number of nitrogen functional groups attached to an aromatic ring is 1. The minimum Gasteiger partial charge on any atom is -0.476 e. The van der Waals surface area contributed by atoms with Crippen LogP contribution in [0, 0.1) is 0 Å². The number of aromatic nitrogens is 1. The van der Waals surface area contributed by atoms with Crippen LogP contribution in [0.5, 0.6) is 5.88 Å². The molecule has 4 nitrogen and oxygen atoms in total. The molecule has 0 spiro atoms. The highest BCUT2D eigenvalue weighted by atomic mass is 32.2. The first-order valence-corrected chi connectivity index (χ1v) is 7.18. The first-order valence-electron chi connectivity index (χ1n) is 6.03. The van der Waals surface area contributed by atoms with Gasteiger partial charge in [-0.25, -0.2) is 0 Å². The molecule has 1 aliphatic rings. The highest BCUT2D eigenvalue weighted by Crippen LogP contribution is 2.24. The Morgan fingerprint density at radius 1 is 1.41 bits per heavy atom. The molecule has 0 saturated carbocycles. The van der Waals surface area contributed by atoms with E-state index in [-0.39, 0.29) is 0 Å². The quantitative estimate of drug-likeness (QED) is 0.893. The fourth-order valence-corrected chi connectivity index (χ4v) is 2.73. The molecule has 2 N–H and O–H groups in total. The Hall–Kier alpha value is -1.10. The van der Waals surface area contributed by atoms with E-state index >= 15 is 0 Å². The number of nitrogens with two attached hydrogens (primary N) is 1. The molecule has 0 bridgehead atoms. The average Bonchev–Trinajstić information content (AvgIpc) is 2.61. The number of nitrogens with zero attached hydrogens (tertiary/aromatic N) is 2. The van der Waals surface area contributed by atoms with Crippen molar-refractivity contribution in [1.29, 1.82) is 0 Å². The average molecular weight is 253 g/mol. The fraction of sp³-hybridized carbons (Fsp3) is 0.583. The first kappa shape index (κ1) is 12.4. The molecule has 0 atom stereocenters. The van der Waals surface area contributed by atoms with Crippen LogP contribution >= 0.6 is 11.8 Å². The van der Waals surface area contributed by atoms with Crippen LogP contribution in [0.3, 0.4) is 0 Å². The Morgan fingerprint density at radius 2 is 2.29 bits per heavy atom. The second-order valence-electron chi connectivity index (χ2n) is 3.95. The van der Waals surface area contributed by atoms with Crippen LogP contribution in [0.4, 0.5) is 11.5 Å². The van der Waals surface area contributed by atoms with E-state index in [0.29, 0.717) is 18.2 Å². The molecule has 1 aliphatic heterocycles. The van der Waals surface area contributed by atoms with Gasteiger partial charge in [0, 0.05) is 18.8 Å². The van der Waals surface area contributed by atoms with E-state index in [0.717, 1.165) is 24.7 Å². The van der Waals surface area contributed by atoms with Crippen LogP contribution in [0.25, 0.3) is 0 Å². The van der Waals surface area contributed by atoms with Gasteiger partial charge in [0.2, 0.25) is 5.88 Å². The van der Waals surface area contributed by atoms with E-state index in [1.54, 1.807) is 0 Å². The first-order chi connectivity index (χ1) is 8.31. The summed E-state index contributed by atoms with van der Waals surface area (Å²) < 4.78 is 5.43. The molecule has 0 aliphatic carbocycles. The summed E-state index contributed by atoms with van der Waals surface area (Å²) in [6, 6.07) is 3.86. The number of thioether (sulfide) groups is 1. The zero-order valence-corrected chi connectivity index (χ0v) is 11.0. The van der Waals surface area contributed by atoms with Crippen molar-refractivity contribution in [3.05, 3.63) is 12.1 Å². The number of ether oxygens (including phenoxy) is 1. The Labute approximate surface area is 107 Å². The number of anilines is 2. The fourth-order valence-electron chi connectivity index (χ4n) is 1.85. The Morgan fingerprint density at radius 3 is 3.12 bits per heavy atom. The van der Waals surface area contributed by atoms with Crippen molar-refractivity contribution in [2.45, 2.75) is 13.3 Å². The minimum absolute atomic E-state index is 0.557. The summed E-state index contributed by atoms with van der Waals surface area (Å²) in [5.41, 5.74) is 6.44. The summed E-state index contributed by atoms with van der Waals surface area (Å²) in [4.78, 5) is 6.80. The lowest BCUT2D eigenvalue weighted by atomic mass is 10.3. The van der Waals surface area contributed by atoms with E-state index in [1.165, 1.54) is 12.2 Å². The third-order valence-electron chi connectivity index (χ3n) is 2.70. The third-order valence-corrected chi connectivity index (χ3v) is 3.75. The summed E-state index contributed by atoms with van der Waals surface area (Å²) in [6.45, 7) is 4.65. The van der Waals surface area contributed by atoms with Crippen molar-refractivity contribution in [2.24, 2.45) is 0 Å². The highest BCUT2D eigenvalue weighted by molar-refractivity contribution is 7.99. The molecular formula is C12H19N3OS. The topological polar surface area (TPSA) is 51.4 Å². The van der Waals surface area contributed by atoms with E-state index in [4.69, 9.17) is 10.5 Å². The lowest BCUT2D eigenvalue weighted by Crippen LogP contribution is -2.26. The molecular weight excluding hydrogens is 234 g/mol. The van der Waals surface area contributed by atoms with Crippen molar-refractivity contribution in [3.8, 4) is 5.88 Å². The van der Waals surface area contributed by atoms with Crippen molar-refractivity contribution in [2.75, 3.05) is 41.8 Å². The van der Waals surface area contributed by atoms with Crippen molar-refractivity contribution < 1.29 is 4.74 Å². The van der Waals surface area contributed by atoms with Gasteiger partial charge >= 0.3 is 0 Å². The second-order valence-corrected chi connectivity index (χ2v) is 5.17. The molecule has 1 aromatic heterocycles. The van der Waals surface area contributed by atoms with Gasteiger partial charge in [-0.1, -0.05) is 0 Å². The summed E-state index contributed by atoms with van der Waals surface area (Å²) in [5.74, 6) is 3.94. The molecule has 0 radical (unpaired) electrons. The zero-order valence-electron chi connectivity index (χ0n) is 10.2. The van der Waals surface area contributed by atoms with Gasteiger partial charge in [-0.2, -0.15) is 16.7 Å². The zero-order chi connectivity index (χ0) is 12.1. The van der Waals surface area contributed by atoms with E-state index < -0.39 is 0 Å². The monoisotopic (exact) mass is 253 g/mol. The van der Waals surface area contributed by atoms with E-state index in [1.807, 2.05) is 30.8 Å². The second kappa shape index (κ2) is 6.00. The van der Waals surface area contributed by atoms with Gasteiger partial charge in [0.1, 0.15) is 5.82 Å². The highest BCUT2D eigenvalue weighted by Gasteiger charge is 2.13. The maximum absolute atomic E-state index is 5.83. The van der Waals surface area contributed by atoms with E-state index in [9.17, 15) is 0 Å². The molecule has 17 heavy (non-hydrogen) atoms. The third kappa shape index (κ3) is 3.19. The van der Waals surface area contributed by atoms with Crippen LogP contribution in [0.1, 0.15) is 13.3 Å². The molecule has 0 aromatic carbocycles. The normalized spacial score (nSPS) is 16.6. The smallest absolute Gasteiger partial charge is 0.239 e. The van der Waals surface area contributed by atoms with Crippen LogP contribution in [-0.4, -0.2) is 36.2 Å². The summed E-state index contributed by atoms with van der Waals surface area (Å²) in [5, 5.41) is 0. The molecule has 2 rings (SSSR count). The number of hydrogen-bond donors (Lipinski definition) is 1. The predicted octanol–water partition coefficient (Wildman–Crippen LogP) is 2.01. The number of hydrogen-bond acceptors (Lipinski definition) is 5. The van der Waals surface area contributed by atoms with Crippen molar-refractivity contribution in [1.82, 2.24) is 4.98 Å². The Bertz CT molecular complexity index is 365. The Balaban J connectivity index is 2.16. The molecule has 2 heterocycles. The molecule has 1 aromatic rings. The molecule has 5 heteroatoms.